The maximum absolute atomic E-state index is 11.3. The number of piperidine rings is 1. The summed E-state index contributed by atoms with van der Waals surface area (Å²) in [6.07, 6.45) is 3.63. The van der Waals surface area contributed by atoms with Gasteiger partial charge in [0.15, 0.2) is 0 Å². The Morgan fingerprint density at radius 3 is 2.85 bits per heavy atom. The van der Waals surface area contributed by atoms with E-state index >= 15 is 0 Å². The summed E-state index contributed by atoms with van der Waals surface area (Å²) in [5.41, 5.74) is 5.39. The highest BCUT2D eigenvalue weighted by molar-refractivity contribution is 5.75. The van der Waals surface area contributed by atoms with Crippen molar-refractivity contribution in [3.05, 3.63) is 12.2 Å². The number of nitrogens with two attached hydrogens (primary N) is 1. The van der Waals surface area contributed by atoms with Crippen molar-refractivity contribution < 1.29 is 4.79 Å². The summed E-state index contributed by atoms with van der Waals surface area (Å²) >= 11 is 0. The van der Waals surface area contributed by atoms with Crippen LogP contribution in [0.1, 0.15) is 38.6 Å². The Labute approximate surface area is 119 Å². The Balaban J connectivity index is 2.10. The molecule has 0 bridgehead atoms. The third-order valence-corrected chi connectivity index (χ3v) is 3.66. The van der Waals surface area contributed by atoms with Crippen molar-refractivity contribution in [3.63, 3.8) is 0 Å². The number of rotatable bonds is 6. The molecule has 0 radical (unpaired) electrons. The van der Waals surface area contributed by atoms with E-state index < -0.39 is 0 Å². The van der Waals surface area contributed by atoms with E-state index in [1.54, 1.807) is 6.33 Å². The minimum Gasteiger partial charge on any atom is -0.369 e. The largest absolute Gasteiger partial charge is 0.369 e. The fourth-order valence-electron chi connectivity index (χ4n) is 2.69. The second-order valence-corrected chi connectivity index (χ2v) is 5.57. The maximum atomic E-state index is 11.3. The van der Waals surface area contributed by atoms with Gasteiger partial charge in [-0.15, -0.1) is 0 Å². The first-order valence-electron chi connectivity index (χ1n) is 7.19. The Kier molecular flexibility index (Phi) is 5.08. The SMILES string of the molecule is CC(C)n1ncnc1CN(CC(N)=O)C1CCNCC1. The molecule has 2 rings (SSSR count). The summed E-state index contributed by atoms with van der Waals surface area (Å²) in [5.74, 6) is 0.596. The quantitative estimate of drug-likeness (QED) is 0.759. The van der Waals surface area contributed by atoms with Crippen LogP contribution in [0.3, 0.4) is 0 Å². The second-order valence-electron chi connectivity index (χ2n) is 5.57. The van der Waals surface area contributed by atoms with Gasteiger partial charge in [-0.1, -0.05) is 0 Å². The van der Waals surface area contributed by atoms with Gasteiger partial charge in [0.2, 0.25) is 5.91 Å². The number of nitrogens with one attached hydrogen (secondary N) is 1. The molecule has 1 aliphatic rings. The molecule has 7 heteroatoms. The predicted octanol–water partition coefficient (Wildman–Crippen LogP) is -0.102. The van der Waals surface area contributed by atoms with Gasteiger partial charge in [0, 0.05) is 12.1 Å². The monoisotopic (exact) mass is 280 g/mol. The van der Waals surface area contributed by atoms with Crippen LogP contribution >= 0.6 is 0 Å². The lowest BCUT2D eigenvalue weighted by Crippen LogP contribution is -2.46. The number of carbonyl (C=O) groups is 1. The molecule has 20 heavy (non-hydrogen) atoms. The predicted molar refractivity (Wildman–Crippen MR) is 75.9 cm³/mol. The molecule has 0 atom stereocenters. The first-order valence-corrected chi connectivity index (χ1v) is 7.19. The van der Waals surface area contributed by atoms with E-state index in [0.29, 0.717) is 12.6 Å². The normalized spacial score (nSPS) is 17.0. The molecule has 0 saturated carbocycles. The molecule has 1 aromatic heterocycles. The highest BCUT2D eigenvalue weighted by Gasteiger charge is 2.24. The summed E-state index contributed by atoms with van der Waals surface area (Å²) in [7, 11) is 0. The Morgan fingerprint density at radius 1 is 1.55 bits per heavy atom. The molecule has 1 amide bonds. The van der Waals surface area contributed by atoms with Gasteiger partial charge in [0.05, 0.1) is 13.1 Å². The molecule has 1 fully saturated rings. The van der Waals surface area contributed by atoms with Crippen molar-refractivity contribution in [1.29, 1.82) is 0 Å². The van der Waals surface area contributed by atoms with Gasteiger partial charge in [0.25, 0.3) is 0 Å². The van der Waals surface area contributed by atoms with Gasteiger partial charge in [-0.3, -0.25) is 9.69 Å². The summed E-state index contributed by atoms with van der Waals surface area (Å²) in [6, 6.07) is 0.636. The minimum absolute atomic E-state index is 0.260. The van der Waals surface area contributed by atoms with Crippen LogP contribution in [0.5, 0.6) is 0 Å². The minimum atomic E-state index is -0.292. The smallest absolute Gasteiger partial charge is 0.231 e. The lowest BCUT2D eigenvalue weighted by atomic mass is 10.0. The van der Waals surface area contributed by atoms with E-state index in [4.69, 9.17) is 5.73 Å². The van der Waals surface area contributed by atoms with Crippen LogP contribution in [0, 0.1) is 0 Å². The maximum Gasteiger partial charge on any atom is 0.231 e. The molecule has 0 unspecified atom stereocenters. The van der Waals surface area contributed by atoms with Crippen LogP contribution in [0.15, 0.2) is 6.33 Å². The van der Waals surface area contributed by atoms with Crippen molar-refractivity contribution in [2.45, 2.75) is 45.3 Å². The van der Waals surface area contributed by atoms with E-state index in [9.17, 15) is 4.79 Å². The van der Waals surface area contributed by atoms with Crippen LogP contribution in [-0.4, -0.2) is 51.2 Å². The van der Waals surface area contributed by atoms with Gasteiger partial charge in [-0.05, 0) is 39.8 Å². The first kappa shape index (κ1) is 14.9. The second kappa shape index (κ2) is 6.81. The molecule has 2 heterocycles. The molecule has 1 aliphatic heterocycles. The van der Waals surface area contributed by atoms with Crippen LogP contribution in [0.2, 0.25) is 0 Å². The average Bonchev–Trinajstić information content (AvgIpc) is 2.87. The highest BCUT2D eigenvalue weighted by Crippen LogP contribution is 2.15. The molecule has 1 aromatic rings. The van der Waals surface area contributed by atoms with Crippen molar-refractivity contribution in [1.82, 2.24) is 25.0 Å². The fraction of sp³-hybridized carbons (Fsp3) is 0.769. The van der Waals surface area contributed by atoms with E-state index in [2.05, 4.69) is 34.1 Å². The average molecular weight is 280 g/mol. The van der Waals surface area contributed by atoms with Crippen LogP contribution in [0.25, 0.3) is 0 Å². The molecule has 3 N–H and O–H groups in total. The molecular weight excluding hydrogens is 256 g/mol. The summed E-state index contributed by atoms with van der Waals surface area (Å²) in [5, 5.41) is 7.58. The number of aromatic nitrogens is 3. The van der Waals surface area contributed by atoms with Crippen molar-refractivity contribution >= 4 is 5.91 Å². The number of hydrogen-bond donors (Lipinski definition) is 2. The van der Waals surface area contributed by atoms with E-state index in [1.807, 2.05) is 4.68 Å². The number of amides is 1. The zero-order chi connectivity index (χ0) is 14.5. The molecule has 0 aromatic carbocycles. The van der Waals surface area contributed by atoms with Gasteiger partial charge in [0.1, 0.15) is 12.2 Å². The number of hydrogen-bond acceptors (Lipinski definition) is 5. The Morgan fingerprint density at radius 2 is 2.25 bits per heavy atom. The molecule has 112 valence electrons. The van der Waals surface area contributed by atoms with E-state index in [-0.39, 0.29) is 18.5 Å². The molecule has 0 aliphatic carbocycles. The summed E-state index contributed by atoms with van der Waals surface area (Å²) in [6.45, 7) is 7.00. The molecule has 0 spiro atoms. The summed E-state index contributed by atoms with van der Waals surface area (Å²) in [4.78, 5) is 17.8. The first-order chi connectivity index (χ1) is 9.58. The lowest BCUT2D eigenvalue weighted by Gasteiger charge is -2.33. The molecule has 7 nitrogen and oxygen atoms in total. The Bertz CT molecular complexity index is 438. The van der Waals surface area contributed by atoms with Crippen molar-refractivity contribution in [2.24, 2.45) is 5.73 Å². The highest BCUT2D eigenvalue weighted by atomic mass is 16.1. The van der Waals surface area contributed by atoms with E-state index in [0.717, 1.165) is 31.8 Å². The third kappa shape index (κ3) is 3.77. The van der Waals surface area contributed by atoms with Gasteiger partial charge < -0.3 is 11.1 Å². The third-order valence-electron chi connectivity index (χ3n) is 3.66. The fourth-order valence-corrected chi connectivity index (χ4v) is 2.69. The summed E-state index contributed by atoms with van der Waals surface area (Å²) < 4.78 is 1.90. The number of carbonyl (C=O) groups excluding carboxylic acids is 1. The standard InChI is InChI=1S/C13H24N6O/c1-10(2)19-13(16-9-17-19)8-18(7-12(14)20)11-3-5-15-6-4-11/h9-11,15H,3-8H2,1-2H3,(H2,14,20). The van der Waals surface area contributed by atoms with Gasteiger partial charge in [-0.25, -0.2) is 9.67 Å². The molecular formula is C13H24N6O. The van der Waals surface area contributed by atoms with Crippen molar-refractivity contribution in [3.8, 4) is 0 Å². The van der Waals surface area contributed by atoms with Gasteiger partial charge >= 0.3 is 0 Å². The van der Waals surface area contributed by atoms with Crippen LogP contribution in [0.4, 0.5) is 0 Å². The topological polar surface area (TPSA) is 89.1 Å². The Hall–Kier alpha value is -1.47. The number of primary amides is 1. The zero-order valence-electron chi connectivity index (χ0n) is 12.2. The number of nitrogens with zero attached hydrogens (tertiary/aromatic N) is 4. The van der Waals surface area contributed by atoms with Crippen molar-refractivity contribution in [2.75, 3.05) is 19.6 Å². The zero-order valence-corrected chi connectivity index (χ0v) is 12.2. The van der Waals surface area contributed by atoms with Gasteiger partial charge in [-0.2, -0.15) is 5.10 Å². The van der Waals surface area contributed by atoms with E-state index in [1.165, 1.54) is 0 Å². The lowest BCUT2D eigenvalue weighted by molar-refractivity contribution is -0.120. The van der Waals surface area contributed by atoms with Crippen LogP contribution in [-0.2, 0) is 11.3 Å². The molecule has 1 saturated heterocycles. The van der Waals surface area contributed by atoms with Crippen LogP contribution < -0.4 is 11.1 Å².